The lowest BCUT2D eigenvalue weighted by Gasteiger charge is -2.27. The molecule has 4 heteroatoms. The number of hydrogen-bond donors (Lipinski definition) is 1. The number of Topliss-reactive ketones (excluding diaryl/α,β-unsaturated/α-hetero) is 1. The van der Waals surface area contributed by atoms with Crippen LogP contribution in [-0.2, 0) is 11.2 Å². The Balaban J connectivity index is 1.80. The number of ketones is 1. The zero-order valence-corrected chi connectivity index (χ0v) is 13.4. The average Bonchev–Trinajstić information content (AvgIpc) is 2.58. The normalized spacial score (nSPS) is 14.9. The maximum absolute atomic E-state index is 12.2. The van der Waals surface area contributed by atoms with Gasteiger partial charge in [0.05, 0.1) is 0 Å². The highest BCUT2D eigenvalue weighted by Crippen LogP contribution is 2.11. The molecule has 1 aliphatic rings. The summed E-state index contributed by atoms with van der Waals surface area (Å²) in [7, 11) is 0. The van der Waals surface area contributed by atoms with Crippen molar-refractivity contribution in [1.82, 2.24) is 10.2 Å². The van der Waals surface area contributed by atoms with Crippen LogP contribution in [-0.4, -0.2) is 42.8 Å². The molecule has 1 heterocycles. The zero-order chi connectivity index (χ0) is 15.8. The number of aryl methyl sites for hydroxylation is 1. The Morgan fingerprint density at radius 3 is 2.41 bits per heavy atom. The fourth-order valence-electron chi connectivity index (χ4n) is 2.68. The molecule has 1 saturated heterocycles. The summed E-state index contributed by atoms with van der Waals surface area (Å²) in [6.45, 7) is 5.36. The molecule has 1 aromatic rings. The third-order valence-corrected chi connectivity index (χ3v) is 4.13. The monoisotopic (exact) mass is 302 g/mol. The van der Waals surface area contributed by atoms with Crippen LogP contribution in [0.1, 0.15) is 48.5 Å². The number of hydrogen-bond acceptors (Lipinski definition) is 3. The summed E-state index contributed by atoms with van der Waals surface area (Å²) >= 11 is 0. The van der Waals surface area contributed by atoms with Crippen molar-refractivity contribution < 1.29 is 9.59 Å². The first kappa shape index (κ1) is 16.7. The third kappa shape index (κ3) is 4.95. The average molecular weight is 302 g/mol. The smallest absolute Gasteiger partial charge is 0.223 e. The van der Waals surface area contributed by atoms with Gasteiger partial charge in [-0.25, -0.2) is 0 Å². The lowest BCUT2D eigenvalue weighted by atomic mass is 10.0. The van der Waals surface area contributed by atoms with Crippen LogP contribution in [0.15, 0.2) is 24.3 Å². The molecular formula is C18H26N2O2. The maximum atomic E-state index is 12.2. The van der Waals surface area contributed by atoms with E-state index in [4.69, 9.17) is 0 Å². The lowest BCUT2D eigenvalue weighted by Crippen LogP contribution is -2.46. The van der Waals surface area contributed by atoms with Crippen molar-refractivity contribution in [1.29, 1.82) is 0 Å². The molecule has 4 nitrogen and oxygen atoms in total. The van der Waals surface area contributed by atoms with Crippen molar-refractivity contribution in [2.24, 2.45) is 0 Å². The molecule has 0 aromatic heterocycles. The molecule has 0 radical (unpaired) electrons. The van der Waals surface area contributed by atoms with Crippen molar-refractivity contribution >= 4 is 11.7 Å². The lowest BCUT2D eigenvalue weighted by molar-refractivity contribution is -0.131. The Hall–Kier alpha value is -1.68. The Bertz CT molecular complexity index is 490. The second kappa shape index (κ2) is 8.69. The molecule has 22 heavy (non-hydrogen) atoms. The summed E-state index contributed by atoms with van der Waals surface area (Å²) in [6.07, 6.45) is 4.03. The predicted molar refractivity (Wildman–Crippen MR) is 88.1 cm³/mol. The summed E-state index contributed by atoms with van der Waals surface area (Å²) in [4.78, 5) is 26.1. The first-order valence-electron chi connectivity index (χ1n) is 8.31. The molecule has 1 N–H and O–H groups in total. The first-order chi connectivity index (χ1) is 10.7. The number of benzene rings is 1. The van der Waals surface area contributed by atoms with Crippen LogP contribution in [0.2, 0.25) is 0 Å². The van der Waals surface area contributed by atoms with Crippen molar-refractivity contribution in [2.45, 2.75) is 39.0 Å². The van der Waals surface area contributed by atoms with E-state index in [1.165, 1.54) is 18.4 Å². The Kier molecular flexibility index (Phi) is 6.59. The number of carbonyl (C=O) groups is 2. The molecule has 0 unspecified atom stereocenters. The highest BCUT2D eigenvalue weighted by Gasteiger charge is 2.17. The van der Waals surface area contributed by atoms with Crippen LogP contribution in [0.4, 0.5) is 0 Å². The summed E-state index contributed by atoms with van der Waals surface area (Å²) < 4.78 is 0. The van der Waals surface area contributed by atoms with Crippen LogP contribution < -0.4 is 5.32 Å². The minimum atomic E-state index is 0.0607. The van der Waals surface area contributed by atoms with Gasteiger partial charge in [0.2, 0.25) is 5.91 Å². The number of nitrogens with one attached hydrogen (secondary N) is 1. The van der Waals surface area contributed by atoms with Gasteiger partial charge in [-0.1, -0.05) is 37.6 Å². The first-order valence-corrected chi connectivity index (χ1v) is 8.31. The third-order valence-electron chi connectivity index (χ3n) is 4.13. The summed E-state index contributed by atoms with van der Waals surface area (Å²) in [5.41, 5.74) is 1.99. The van der Waals surface area contributed by atoms with Gasteiger partial charge in [0.25, 0.3) is 0 Å². The van der Waals surface area contributed by atoms with Crippen molar-refractivity contribution in [3.63, 3.8) is 0 Å². The van der Waals surface area contributed by atoms with Gasteiger partial charge >= 0.3 is 0 Å². The molecule has 1 aliphatic heterocycles. The predicted octanol–water partition coefficient (Wildman–Crippen LogP) is 2.42. The SMILES string of the molecule is CCCCc1ccc(C(=O)CCC(=O)N2CCNCC2)cc1. The molecule has 120 valence electrons. The van der Waals surface area contributed by atoms with E-state index in [0.717, 1.165) is 32.6 Å². The number of unbranched alkanes of at least 4 members (excludes halogenated alkanes) is 1. The summed E-state index contributed by atoms with van der Waals surface area (Å²) in [5, 5.41) is 3.22. The molecule has 1 fully saturated rings. The largest absolute Gasteiger partial charge is 0.340 e. The van der Waals surface area contributed by atoms with Crippen LogP contribution in [0.5, 0.6) is 0 Å². The number of carbonyl (C=O) groups excluding carboxylic acids is 2. The van der Waals surface area contributed by atoms with Gasteiger partial charge in [-0.15, -0.1) is 0 Å². The van der Waals surface area contributed by atoms with Gasteiger partial charge in [-0.2, -0.15) is 0 Å². The molecule has 1 amide bonds. The van der Waals surface area contributed by atoms with E-state index in [1.54, 1.807) is 0 Å². The van der Waals surface area contributed by atoms with Crippen LogP contribution >= 0.6 is 0 Å². The number of piperazine rings is 1. The second-order valence-electron chi connectivity index (χ2n) is 5.85. The Morgan fingerprint density at radius 2 is 1.77 bits per heavy atom. The van der Waals surface area contributed by atoms with Crippen LogP contribution in [0.3, 0.4) is 0 Å². The van der Waals surface area contributed by atoms with Gasteiger partial charge in [0.15, 0.2) is 5.78 Å². The van der Waals surface area contributed by atoms with Crippen LogP contribution in [0.25, 0.3) is 0 Å². The van der Waals surface area contributed by atoms with Crippen LogP contribution in [0, 0.1) is 0 Å². The summed E-state index contributed by atoms with van der Waals surface area (Å²) in [5.74, 6) is 0.153. The minimum Gasteiger partial charge on any atom is -0.340 e. The highest BCUT2D eigenvalue weighted by molar-refractivity contribution is 5.98. The van der Waals surface area contributed by atoms with Gasteiger partial charge in [-0.05, 0) is 18.4 Å². The molecule has 1 aromatic carbocycles. The molecule has 0 spiro atoms. The fourth-order valence-corrected chi connectivity index (χ4v) is 2.68. The minimum absolute atomic E-state index is 0.0607. The molecule has 0 bridgehead atoms. The van der Waals surface area contributed by atoms with E-state index in [2.05, 4.69) is 12.2 Å². The van der Waals surface area contributed by atoms with Crippen molar-refractivity contribution in [3.05, 3.63) is 35.4 Å². The molecule has 0 atom stereocenters. The van der Waals surface area contributed by atoms with E-state index >= 15 is 0 Å². The zero-order valence-electron chi connectivity index (χ0n) is 13.4. The van der Waals surface area contributed by atoms with E-state index < -0.39 is 0 Å². The standard InChI is InChI=1S/C18H26N2O2/c1-2-3-4-15-5-7-16(8-6-15)17(21)9-10-18(22)20-13-11-19-12-14-20/h5-8,19H,2-4,9-14H2,1H3. The molecule has 0 saturated carbocycles. The molecule has 0 aliphatic carbocycles. The Labute approximate surface area is 132 Å². The van der Waals surface area contributed by atoms with E-state index in [0.29, 0.717) is 18.4 Å². The van der Waals surface area contributed by atoms with Gasteiger partial charge in [-0.3, -0.25) is 9.59 Å². The molecule has 2 rings (SSSR count). The van der Waals surface area contributed by atoms with Gasteiger partial charge in [0.1, 0.15) is 0 Å². The summed E-state index contributed by atoms with van der Waals surface area (Å²) in [6, 6.07) is 7.84. The van der Waals surface area contributed by atoms with E-state index in [-0.39, 0.29) is 11.7 Å². The van der Waals surface area contributed by atoms with Crippen molar-refractivity contribution in [2.75, 3.05) is 26.2 Å². The number of rotatable bonds is 7. The topological polar surface area (TPSA) is 49.4 Å². The quantitative estimate of drug-likeness (QED) is 0.787. The maximum Gasteiger partial charge on any atom is 0.223 e. The number of nitrogens with zero attached hydrogens (tertiary/aromatic N) is 1. The van der Waals surface area contributed by atoms with Gasteiger partial charge in [0, 0.05) is 44.6 Å². The fraction of sp³-hybridized carbons (Fsp3) is 0.556. The van der Waals surface area contributed by atoms with Gasteiger partial charge < -0.3 is 10.2 Å². The Morgan fingerprint density at radius 1 is 1.09 bits per heavy atom. The van der Waals surface area contributed by atoms with E-state index in [9.17, 15) is 9.59 Å². The highest BCUT2D eigenvalue weighted by atomic mass is 16.2. The van der Waals surface area contributed by atoms with E-state index in [1.807, 2.05) is 29.2 Å². The van der Waals surface area contributed by atoms with Crippen molar-refractivity contribution in [3.8, 4) is 0 Å². The molecular weight excluding hydrogens is 276 g/mol. The second-order valence-corrected chi connectivity index (χ2v) is 5.85. The number of amides is 1.